The number of H-pyrrole nitrogens is 1. The van der Waals surface area contributed by atoms with Crippen LogP contribution in [0, 0.1) is 0 Å². The molecule has 252 valence electrons. The first kappa shape index (κ1) is 38.5. The molecule has 0 saturated heterocycles. The summed E-state index contributed by atoms with van der Waals surface area (Å²) in [7, 11) is -23.2. The van der Waals surface area contributed by atoms with Crippen LogP contribution < -0.4 is 11.2 Å². The molecule has 7 atom stereocenters. The number of aliphatic hydroxyl groups excluding tert-OH is 1. The van der Waals surface area contributed by atoms with Gasteiger partial charge in [-0.15, -0.1) is 0 Å². The van der Waals surface area contributed by atoms with Crippen LogP contribution in [0.1, 0.15) is 30.1 Å². The van der Waals surface area contributed by atoms with E-state index in [1.807, 2.05) is 4.98 Å². The molecule has 1 aromatic carbocycles. The first-order valence-corrected chi connectivity index (χ1v) is 18.1. The maximum Gasteiger partial charge on any atom is 0.490 e. The topological polar surface area (TPSA) is 334 Å². The molecule has 1 heterocycles. The highest BCUT2D eigenvalue weighted by atomic mass is 31.3. The molecule has 5 unspecified atom stereocenters. The van der Waals surface area contributed by atoms with Crippen molar-refractivity contribution in [3.63, 3.8) is 0 Å². The maximum absolute atomic E-state index is 12.6. The summed E-state index contributed by atoms with van der Waals surface area (Å²) in [6.07, 6.45) is -7.02. The molecule has 2 rings (SSSR count). The molecule has 0 amide bonds. The van der Waals surface area contributed by atoms with Gasteiger partial charge < -0.3 is 39.3 Å². The van der Waals surface area contributed by atoms with E-state index in [0.29, 0.717) is 4.57 Å². The second kappa shape index (κ2) is 15.8. The zero-order valence-corrected chi connectivity index (χ0v) is 26.1. The minimum absolute atomic E-state index is 0.0371. The quantitative estimate of drug-likeness (QED) is 0.0629. The third-order valence-electron chi connectivity index (χ3n) is 4.78. The van der Waals surface area contributed by atoms with E-state index in [0.717, 1.165) is 19.2 Å². The summed E-state index contributed by atoms with van der Waals surface area (Å²) in [5.41, 5.74) is -2.06. The van der Waals surface area contributed by atoms with Gasteiger partial charge in [-0.1, -0.05) is 18.2 Å². The lowest BCUT2D eigenvalue weighted by Crippen LogP contribution is -2.40. The van der Waals surface area contributed by atoms with E-state index in [9.17, 15) is 62.1 Å². The van der Waals surface area contributed by atoms with Gasteiger partial charge >= 0.3 is 48.7 Å². The van der Waals surface area contributed by atoms with E-state index in [-0.39, 0.29) is 5.56 Å². The predicted molar refractivity (Wildman–Crippen MR) is 144 cm³/mol. The van der Waals surface area contributed by atoms with E-state index in [1.54, 1.807) is 6.07 Å². The Morgan fingerprint density at radius 3 is 2.04 bits per heavy atom. The summed E-state index contributed by atoms with van der Waals surface area (Å²) in [5.74, 6) is -2.69. The van der Waals surface area contributed by atoms with Gasteiger partial charge in [0.15, 0.2) is 0 Å². The van der Waals surface area contributed by atoms with Crippen LogP contribution in [-0.4, -0.2) is 76.3 Å². The minimum atomic E-state index is -6.16. The highest BCUT2D eigenvalue weighted by Gasteiger charge is 2.45. The van der Waals surface area contributed by atoms with E-state index >= 15 is 0 Å². The van der Waals surface area contributed by atoms with Gasteiger partial charge in [0.25, 0.3) is 12.0 Å². The van der Waals surface area contributed by atoms with Gasteiger partial charge in [0.2, 0.25) is 0 Å². The van der Waals surface area contributed by atoms with Crippen molar-refractivity contribution in [3.8, 4) is 0 Å². The van der Waals surface area contributed by atoms with Crippen molar-refractivity contribution in [2.75, 3.05) is 12.8 Å². The highest BCUT2D eigenvalue weighted by Crippen LogP contribution is 2.71. The number of rotatable bonds is 18. The molecule has 0 radical (unpaired) electrons. The second-order valence-corrected chi connectivity index (χ2v) is 15.2. The van der Waals surface area contributed by atoms with Gasteiger partial charge in [-0.3, -0.25) is 23.7 Å². The normalized spacial score (nSPS) is 19.1. The summed E-state index contributed by atoms with van der Waals surface area (Å²) in [5, 5.41) is 18.7. The standard InChI is InChI=1S/C19H26N2O20P4/c1-12(22)14(37-19(21-9-7-15(23)20-18(21)27)38-17(26)13-5-3-2-4-6-13)11-36-43(30,31)40-45(34,35)41-44(32,33)39-42(28,29)10-8-16(24)25/h2-7,9,12,14,19,22H,8,10-11H2,1H3,(H,24,25)(H,28,29)(H,30,31)(H,32,33)(H,34,35)(H,20,23,27)/t12-,14-,19?/m1/s1. The second-order valence-electron chi connectivity index (χ2n) is 8.46. The number of hydrogen-bond donors (Lipinski definition) is 7. The van der Waals surface area contributed by atoms with E-state index < -0.39 is 92.1 Å². The number of nitrogens with zero attached hydrogens (tertiary/aromatic N) is 1. The van der Waals surface area contributed by atoms with Crippen molar-refractivity contribution in [1.82, 2.24) is 9.55 Å². The third kappa shape index (κ3) is 13.7. The maximum atomic E-state index is 12.6. The molecule has 0 aliphatic rings. The van der Waals surface area contributed by atoms with Crippen LogP contribution in [0.4, 0.5) is 0 Å². The molecule has 2 aromatic rings. The summed E-state index contributed by atoms with van der Waals surface area (Å²) in [6.45, 7) is -0.225. The number of esters is 1. The molecule has 7 N–H and O–H groups in total. The number of phosphoric ester groups is 1. The number of aliphatic carboxylic acids is 1. The molecule has 45 heavy (non-hydrogen) atoms. The molecule has 0 saturated carbocycles. The minimum Gasteiger partial charge on any atom is -0.481 e. The van der Waals surface area contributed by atoms with Crippen LogP contribution in [0.3, 0.4) is 0 Å². The number of aromatic amines is 1. The zero-order valence-electron chi connectivity index (χ0n) is 22.5. The smallest absolute Gasteiger partial charge is 0.481 e. The number of carbonyl (C=O) groups excluding carboxylic acids is 1. The molecule has 0 spiro atoms. The van der Waals surface area contributed by atoms with Gasteiger partial charge in [-0.25, -0.2) is 32.2 Å². The van der Waals surface area contributed by atoms with Gasteiger partial charge in [0, 0.05) is 12.3 Å². The van der Waals surface area contributed by atoms with Crippen molar-refractivity contribution >= 4 is 43.0 Å². The van der Waals surface area contributed by atoms with E-state index in [1.165, 1.54) is 24.3 Å². The summed E-state index contributed by atoms with van der Waals surface area (Å²) < 4.78 is 74.8. The zero-order chi connectivity index (χ0) is 34.2. The van der Waals surface area contributed by atoms with Crippen molar-refractivity contribution in [2.24, 2.45) is 0 Å². The molecular formula is C19H26N2O20P4. The average molecular weight is 726 g/mol. The van der Waals surface area contributed by atoms with Crippen LogP contribution in [-0.2, 0) is 50.0 Å². The molecule has 0 aliphatic heterocycles. The molecule has 1 aromatic heterocycles. The number of carboxylic acid groups (broad SMARTS) is 1. The Bertz CT molecular complexity index is 1660. The Labute approximate surface area is 251 Å². The summed E-state index contributed by atoms with van der Waals surface area (Å²) in [4.78, 5) is 87.3. The van der Waals surface area contributed by atoms with Gasteiger partial charge in [-0.05, 0) is 19.1 Å². The van der Waals surface area contributed by atoms with Crippen LogP contribution in [0.2, 0.25) is 0 Å². The number of carboxylic acids is 1. The predicted octanol–water partition coefficient (Wildman–Crippen LogP) is 0.643. The number of nitrogens with one attached hydrogen (secondary N) is 1. The Hall–Kier alpha value is -2.64. The monoisotopic (exact) mass is 726 g/mol. The number of ether oxygens (including phenoxy) is 2. The highest BCUT2D eigenvalue weighted by molar-refractivity contribution is 7.70. The van der Waals surface area contributed by atoms with Crippen LogP contribution in [0.5, 0.6) is 0 Å². The fourth-order valence-corrected chi connectivity index (χ4v) is 8.32. The lowest BCUT2D eigenvalue weighted by Gasteiger charge is -2.27. The number of hydrogen-bond acceptors (Lipinski definition) is 15. The van der Waals surface area contributed by atoms with Crippen molar-refractivity contribution in [1.29, 1.82) is 0 Å². The van der Waals surface area contributed by atoms with Crippen LogP contribution in [0.15, 0.2) is 52.2 Å². The third-order valence-corrected chi connectivity index (χ3v) is 11.2. The van der Waals surface area contributed by atoms with Crippen molar-refractivity contribution < 1.29 is 84.6 Å². The van der Waals surface area contributed by atoms with E-state index in [4.69, 9.17) is 14.6 Å². The number of phosphoric acid groups is 3. The molecular weight excluding hydrogens is 700 g/mol. The SMILES string of the molecule is C[C@@H](O)[C@@H](COP(=O)(O)OP(=O)(O)OP(=O)(O)OP(=O)(O)CCC(=O)O)OC(OC(=O)c1ccccc1)n1ccc(=O)[nH]c1=O. The summed E-state index contributed by atoms with van der Waals surface area (Å²) in [6, 6.07) is 7.99. The average Bonchev–Trinajstić information content (AvgIpc) is 2.87. The Balaban J connectivity index is 2.18. The Morgan fingerprint density at radius 1 is 0.911 bits per heavy atom. The van der Waals surface area contributed by atoms with Gasteiger partial charge in [0.05, 0.1) is 30.9 Å². The lowest BCUT2D eigenvalue weighted by atomic mass is 10.2. The molecule has 22 nitrogen and oxygen atoms in total. The van der Waals surface area contributed by atoms with Gasteiger partial charge in [-0.2, -0.15) is 8.62 Å². The van der Waals surface area contributed by atoms with Crippen molar-refractivity contribution in [2.45, 2.75) is 32.0 Å². The number of aliphatic hydroxyl groups is 1. The largest absolute Gasteiger partial charge is 0.490 e. The van der Waals surface area contributed by atoms with Crippen molar-refractivity contribution in [3.05, 3.63) is 69.0 Å². The van der Waals surface area contributed by atoms with E-state index in [2.05, 4.69) is 17.5 Å². The Kier molecular flexibility index (Phi) is 13.5. The number of aromatic nitrogens is 2. The van der Waals surface area contributed by atoms with Gasteiger partial charge in [0.1, 0.15) is 6.10 Å². The number of carbonyl (C=O) groups is 2. The first-order chi connectivity index (χ1) is 20.6. The Morgan fingerprint density at radius 2 is 1.49 bits per heavy atom. The lowest BCUT2D eigenvalue weighted by molar-refractivity contribution is -0.213. The first-order valence-electron chi connectivity index (χ1n) is 11.8. The fraction of sp³-hybridized carbons (Fsp3) is 0.368. The molecule has 0 fully saturated rings. The fourth-order valence-electron chi connectivity index (χ4n) is 2.84. The molecule has 0 bridgehead atoms. The van der Waals surface area contributed by atoms with Crippen LogP contribution >= 0.6 is 31.1 Å². The van der Waals surface area contributed by atoms with Crippen LogP contribution in [0.25, 0.3) is 0 Å². The number of benzene rings is 1. The molecule has 26 heteroatoms. The molecule has 0 aliphatic carbocycles. The summed E-state index contributed by atoms with van der Waals surface area (Å²) >= 11 is 0.